The first-order valence-corrected chi connectivity index (χ1v) is 14.5. The van der Waals surface area contributed by atoms with Crippen molar-refractivity contribution in [2.24, 2.45) is 0 Å². The second kappa shape index (κ2) is 18.9. The summed E-state index contributed by atoms with van der Waals surface area (Å²) in [5.41, 5.74) is 0.880. The summed E-state index contributed by atoms with van der Waals surface area (Å²) < 4.78 is 0. The SMILES string of the molecule is CCCCCCCCCCCCCCCC(=O)NC(CN1CCCCC1)C(O)c1ccccc1. The Morgan fingerprint density at radius 1 is 0.824 bits per heavy atom. The van der Waals surface area contributed by atoms with Gasteiger partial charge in [0, 0.05) is 13.0 Å². The molecule has 2 rings (SSSR count). The zero-order chi connectivity index (χ0) is 24.3. The highest BCUT2D eigenvalue weighted by atomic mass is 16.3. The summed E-state index contributed by atoms with van der Waals surface area (Å²) in [4.78, 5) is 15.1. The topological polar surface area (TPSA) is 52.6 Å². The summed E-state index contributed by atoms with van der Waals surface area (Å²) >= 11 is 0. The Bertz CT molecular complexity index is 615. The van der Waals surface area contributed by atoms with Crippen molar-refractivity contribution >= 4 is 5.91 Å². The number of unbranched alkanes of at least 4 members (excludes halogenated alkanes) is 12. The number of hydrogen-bond acceptors (Lipinski definition) is 3. The van der Waals surface area contributed by atoms with E-state index in [2.05, 4.69) is 17.1 Å². The third-order valence-electron chi connectivity index (χ3n) is 7.28. The Labute approximate surface area is 209 Å². The van der Waals surface area contributed by atoms with Crippen LogP contribution in [0.5, 0.6) is 0 Å². The van der Waals surface area contributed by atoms with Gasteiger partial charge in [0.2, 0.25) is 5.91 Å². The molecule has 1 aliphatic heterocycles. The summed E-state index contributed by atoms with van der Waals surface area (Å²) in [6, 6.07) is 9.51. The minimum absolute atomic E-state index is 0.0834. The molecule has 1 aliphatic rings. The van der Waals surface area contributed by atoms with E-state index < -0.39 is 6.10 Å². The van der Waals surface area contributed by atoms with Crippen LogP contribution in [0.25, 0.3) is 0 Å². The molecule has 2 unspecified atom stereocenters. The fourth-order valence-corrected chi connectivity index (χ4v) is 5.11. The first-order valence-electron chi connectivity index (χ1n) is 14.5. The highest BCUT2D eigenvalue weighted by molar-refractivity contribution is 5.76. The molecule has 4 nitrogen and oxygen atoms in total. The fraction of sp³-hybridized carbons (Fsp3) is 0.767. The number of carbonyl (C=O) groups excluding carboxylic acids is 1. The number of hydrogen-bond donors (Lipinski definition) is 2. The number of benzene rings is 1. The van der Waals surface area contributed by atoms with Gasteiger partial charge < -0.3 is 15.3 Å². The first-order chi connectivity index (χ1) is 16.7. The van der Waals surface area contributed by atoms with E-state index in [-0.39, 0.29) is 11.9 Å². The van der Waals surface area contributed by atoms with Crippen molar-refractivity contribution in [3.63, 3.8) is 0 Å². The van der Waals surface area contributed by atoms with Gasteiger partial charge in [-0.25, -0.2) is 0 Å². The highest BCUT2D eigenvalue weighted by Gasteiger charge is 2.25. The van der Waals surface area contributed by atoms with Crippen LogP contribution < -0.4 is 5.32 Å². The van der Waals surface area contributed by atoms with Crippen LogP contribution in [0.15, 0.2) is 30.3 Å². The lowest BCUT2D eigenvalue weighted by Gasteiger charge is -2.33. The molecule has 1 aromatic carbocycles. The average molecular weight is 473 g/mol. The number of nitrogens with zero attached hydrogens (tertiary/aromatic N) is 1. The monoisotopic (exact) mass is 472 g/mol. The quantitative estimate of drug-likeness (QED) is 0.210. The van der Waals surface area contributed by atoms with Crippen molar-refractivity contribution in [1.82, 2.24) is 10.2 Å². The summed E-state index contributed by atoms with van der Waals surface area (Å²) in [7, 11) is 0. The van der Waals surface area contributed by atoms with Crippen molar-refractivity contribution in [3.05, 3.63) is 35.9 Å². The van der Waals surface area contributed by atoms with E-state index in [1.807, 2.05) is 30.3 Å². The molecule has 34 heavy (non-hydrogen) atoms. The third kappa shape index (κ3) is 12.9. The Hall–Kier alpha value is -1.39. The van der Waals surface area contributed by atoms with Gasteiger partial charge in [-0.15, -0.1) is 0 Å². The van der Waals surface area contributed by atoms with Crippen molar-refractivity contribution in [1.29, 1.82) is 0 Å². The average Bonchev–Trinajstić information content (AvgIpc) is 2.87. The molecular weight excluding hydrogens is 420 g/mol. The van der Waals surface area contributed by atoms with Gasteiger partial charge in [0.1, 0.15) is 6.10 Å². The van der Waals surface area contributed by atoms with Crippen molar-refractivity contribution in [3.8, 4) is 0 Å². The number of carbonyl (C=O) groups is 1. The molecule has 0 spiro atoms. The lowest BCUT2D eigenvalue weighted by atomic mass is 10.00. The first kappa shape index (κ1) is 28.8. The van der Waals surface area contributed by atoms with Crippen molar-refractivity contribution in [2.45, 2.75) is 128 Å². The van der Waals surface area contributed by atoms with Crippen LogP contribution in [-0.4, -0.2) is 41.6 Å². The Kier molecular flexibility index (Phi) is 16.0. The van der Waals surface area contributed by atoms with Crippen molar-refractivity contribution < 1.29 is 9.90 Å². The predicted molar refractivity (Wildman–Crippen MR) is 144 cm³/mol. The summed E-state index contributed by atoms with van der Waals surface area (Å²) in [6.45, 7) is 5.12. The van der Waals surface area contributed by atoms with E-state index in [1.165, 1.54) is 89.9 Å². The Morgan fingerprint density at radius 2 is 1.35 bits per heavy atom. The maximum atomic E-state index is 12.7. The normalized spacial score (nSPS) is 16.3. The van der Waals surface area contributed by atoms with Crippen LogP contribution in [0.4, 0.5) is 0 Å². The number of likely N-dealkylation sites (tertiary alicyclic amines) is 1. The van der Waals surface area contributed by atoms with Gasteiger partial charge in [0.25, 0.3) is 0 Å². The van der Waals surface area contributed by atoms with Gasteiger partial charge in [-0.1, -0.05) is 121 Å². The van der Waals surface area contributed by atoms with Gasteiger partial charge >= 0.3 is 0 Å². The maximum absolute atomic E-state index is 12.7. The van der Waals surface area contributed by atoms with E-state index in [0.717, 1.165) is 38.0 Å². The molecule has 1 amide bonds. The number of nitrogens with one attached hydrogen (secondary N) is 1. The number of aliphatic hydroxyl groups excluding tert-OH is 1. The molecule has 4 heteroatoms. The summed E-state index contributed by atoms with van der Waals surface area (Å²) in [6.07, 6.45) is 20.6. The summed E-state index contributed by atoms with van der Waals surface area (Å²) in [5.74, 6) is 0.0834. The second-order valence-electron chi connectivity index (χ2n) is 10.4. The molecule has 1 saturated heterocycles. The second-order valence-corrected chi connectivity index (χ2v) is 10.4. The molecule has 2 atom stereocenters. The van der Waals surface area contributed by atoms with Crippen LogP contribution >= 0.6 is 0 Å². The predicted octanol–water partition coefficient (Wildman–Crippen LogP) is 7.17. The van der Waals surface area contributed by atoms with E-state index in [0.29, 0.717) is 6.42 Å². The van der Waals surface area contributed by atoms with Crippen LogP contribution in [0, 0.1) is 0 Å². The molecular formula is C30H52N2O2. The van der Waals surface area contributed by atoms with Crippen LogP contribution in [-0.2, 0) is 4.79 Å². The summed E-state index contributed by atoms with van der Waals surface area (Å²) in [5, 5.41) is 14.2. The third-order valence-corrected chi connectivity index (χ3v) is 7.28. The molecule has 1 fully saturated rings. The van der Waals surface area contributed by atoms with Gasteiger partial charge in [0.15, 0.2) is 0 Å². The van der Waals surface area contributed by atoms with Gasteiger partial charge in [0.05, 0.1) is 6.04 Å². The largest absolute Gasteiger partial charge is 0.386 e. The Morgan fingerprint density at radius 3 is 1.91 bits per heavy atom. The molecule has 2 N–H and O–H groups in total. The number of amides is 1. The smallest absolute Gasteiger partial charge is 0.220 e. The molecule has 0 bridgehead atoms. The lowest BCUT2D eigenvalue weighted by molar-refractivity contribution is -0.123. The van der Waals surface area contributed by atoms with Gasteiger partial charge in [-0.3, -0.25) is 4.79 Å². The lowest BCUT2D eigenvalue weighted by Crippen LogP contribution is -2.48. The molecule has 0 radical (unpaired) electrons. The number of aliphatic hydroxyl groups is 1. The van der Waals surface area contributed by atoms with Gasteiger partial charge in [-0.2, -0.15) is 0 Å². The van der Waals surface area contributed by atoms with Crippen LogP contribution in [0.3, 0.4) is 0 Å². The van der Waals surface area contributed by atoms with E-state index in [1.54, 1.807) is 0 Å². The van der Waals surface area contributed by atoms with Crippen molar-refractivity contribution in [2.75, 3.05) is 19.6 Å². The molecule has 1 aromatic rings. The highest BCUT2D eigenvalue weighted by Crippen LogP contribution is 2.20. The molecule has 0 aromatic heterocycles. The number of rotatable bonds is 19. The standard InChI is InChI=1S/C30H52N2O2/c1-2-3-4-5-6-7-8-9-10-11-12-13-18-23-29(33)31-28(26-32-24-19-15-20-25-32)30(34)27-21-16-14-17-22-27/h14,16-17,21-22,28,30,34H,2-13,15,18-20,23-26H2,1H3,(H,31,33). The van der Waals surface area contributed by atoms with Crippen LogP contribution in [0.1, 0.15) is 128 Å². The zero-order valence-corrected chi connectivity index (χ0v) is 22.0. The molecule has 0 aliphatic carbocycles. The molecule has 1 heterocycles. The minimum atomic E-state index is -0.668. The Balaban J connectivity index is 1.59. The van der Waals surface area contributed by atoms with Gasteiger partial charge in [-0.05, 0) is 37.9 Å². The molecule has 194 valence electrons. The molecule has 0 saturated carbocycles. The number of piperidine rings is 1. The maximum Gasteiger partial charge on any atom is 0.220 e. The van der Waals surface area contributed by atoms with E-state index >= 15 is 0 Å². The van der Waals surface area contributed by atoms with Crippen LogP contribution in [0.2, 0.25) is 0 Å². The van der Waals surface area contributed by atoms with E-state index in [4.69, 9.17) is 0 Å². The fourth-order valence-electron chi connectivity index (χ4n) is 5.11. The minimum Gasteiger partial charge on any atom is -0.386 e. The zero-order valence-electron chi connectivity index (χ0n) is 22.0. The van der Waals surface area contributed by atoms with E-state index in [9.17, 15) is 9.90 Å².